The summed E-state index contributed by atoms with van der Waals surface area (Å²) in [6, 6.07) is 8.04. The van der Waals surface area contributed by atoms with Crippen LogP contribution < -0.4 is 5.32 Å². The number of carbonyl (C=O) groups is 2. The lowest BCUT2D eigenvalue weighted by Crippen LogP contribution is -2.49. The Hall–Kier alpha value is -2.13. The van der Waals surface area contributed by atoms with Gasteiger partial charge in [-0.05, 0) is 26.0 Å². The minimum Gasteiger partial charge on any atom is -0.345 e. The van der Waals surface area contributed by atoms with Crippen LogP contribution in [0, 0.1) is 5.41 Å². The molecule has 2 aliphatic heterocycles. The van der Waals surface area contributed by atoms with Gasteiger partial charge in [-0.3, -0.25) is 4.79 Å². The Morgan fingerprint density at radius 3 is 2.36 bits per heavy atom. The van der Waals surface area contributed by atoms with Crippen LogP contribution in [0.15, 0.2) is 35.2 Å². The van der Waals surface area contributed by atoms with Gasteiger partial charge in [-0.1, -0.05) is 18.2 Å². The summed E-state index contributed by atoms with van der Waals surface area (Å²) in [7, 11) is -1.99. The van der Waals surface area contributed by atoms with Crippen molar-refractivity contribution in [1.82, 2.24) is 19.4 Å². The van der Waals surface area contributed by atoms with Crippen molar-refractivity contribution in [1.29, 1.82) is 0 Å². The fourth-order valence-corrected chi connectivity index (χ4v) is 5.56. The molecule has 1 atom stereocenters. The van der Waals surface area contributed by atoms with Gasteiger partial charge in [0.1, 0.15) is 0 Å². The van der Waals surface area contributed by atoms with Gasteiger partial charge in [-0.25, -0.2) is 13.2 Å². The number of carbonyl (C=O) groups excluding carboxylic acids is 2. The molecule has 154 valence electrons. The second kappa shape index (κ2) is 7.71. The summed E-state index contributed by atoms with van der Waals surface area (Å²) in [6.07, 6.45) is 0.232. The summed E-state index contributed by atoms with van der Waals surface area (Å²) in [5.74, 6) is -0.0248. The molecule has 0 unspecified atom stereocenters. The smallest absolute Gasteiger partial charge is 0.317 e. The highest BCUT2D eigenvalue weighted by atomic mass is 32.2. The summed E-state index contributed by atoms with van der Waals surface area (Å²) < 4.78 is 27.8. The minimum absolute atomic E-state index is 0.0243. The van der Waals surface area contributed by atoms with Gasteiger partial charge in [0.25, 0.3) is 0 Å². The highest BCUT2D eigenvalue weighted by Gasteiger charge is 2.48. The van der Waals surface area contributed by atoms with E-state index in [1.165, 1.54) is 4.31 Å². The molecule has 3 rings (SSSR count). The molecule has 2 aliphatic rings. The summed E-state index contributed by atoms with van der Waals surface area (Å²) in [4.78, 5) is 28.4. The molecule has 3 amide bonds. The molecular formula is C19H28N4O4S. The lowest BCUT2D eigenvalue weighted by atomic mass is 9.86. The molecule has 0 radical (unpaired) electrons. The molecule has 1 N–H and O–H groups in total. The first kappa shape index (κ1) is 20.6. The summed E-state index contributed by atoms with van der Waals surface area (Å²) in [6.45, 7) is 5.23. The number of nitrogens with one attached hydrogen (secondary N) is 1. The van der Waals surface area contributed by atoms with Gasteiger partial charge in [0, 0.05) is 57.6 Å². The molecule has 0 aliphatic carbocycles. The van der Waals surface area contributed by atoms with Crippen LogP contribution in [0.1, 0.15) is 20.3 Å². The van der Waals surface area contributed by atoms with E-state index in [4.69, 9.17) is 0 Å². The van der Waals surface area contributed by atoms with Gasteiger partial charge in [-0.15, -0.1) is 0 Å². The lowest BCUT2D eigenvalue weighted by Gasteiger charge is -2.33. The number of amides is 3. The number of hydrogen-bond donors (Lipinski definition) is 1. The maximum absolute atomic E-state index is 13.2. The Labute approximate surface area is 166 Å². The molecule has 2 heterocycles. The van der Waals surface area contributed by atoms with Gasteiger partial charge < -0.3 is 15.1 Å². The fraction of sp³-hybridized carbons (Fsp3) is 0.579. The van der Waals surface area contributed by atoms with Crippen molar-refractivity contribution in [3.8, 4) is 0 Å². The van der Waals surface area contributed by atoms with Crippen LogP contribution >= 0.6 is 0 Å². The average molecular weight is 409 g/mol. The van der Waals surface area contributed by atoms with Crippen molar-refractivity contribution in [3.63, 3.8) is 0 Å². The van der Waals surface area contributed by atoms with Crippen molar-refractivity contribution in [2.75, 3.05) is 39.8 Å². The van der Waals surface area contributed by atoms with Crippen LogP contribution in [0.4, 0.5) is 4.79 Å². The third-order valence-corrected chi connectivity index (χ3v) is 7.12. The first-order valence-corrected chi connectivity index (χ1v) is 10.9. The van der Waals surface area contributed by atoms with Crippen LogP contribution in [0.3, 0.4) is 0 Å². The van der Waals surface area contributed by atoms with Gasteiger partial charge in [0.15, 0.2) is 0 Å². The van der Waals surface area contributed by atoms with Crippen molar-refractivity contribution in [2.24, 2.45) is 5.41 Å². The molecular weight excluding hydrogens is 380 g/mol. The van der Waals surface area contributed by atoms with Crippen molar-refractivity contribution < 1.29 is 18.0 Å². The molecule has 1 aromatic rings. The lowest BCUT2D eigenvalue weighted by molar-refractivity contribution is -0.126. The number of benzene rings is 1. The molecule has 1 spiro atoms. The van der Waals surface area contributed by atoms with E-state index in [-0.39, 0.29) is 48.9 Å². The summed E-state index contributed by atoms with van der Waals surface area (Å²) in [5, 5.41) is 2.87. The van der Waals surface area contributed by atoms with Crippen LogP contribution in [0.5, 0.6) is 0 Å². The van der Waals surface area contributed by atoms with Crippen molar-refractivity contribution >= 4 is 22.0 Å². The number of likely N-dealkylation sites (tertiary alicyclic amines) is 1. The number of nitrogens with zero attached hydrogens (tertiary/aromatic N) is 3. The SMILES string of the molecule is CC(C)NC(=O)N1CCN(S(=O)(=O)c2ccccc2)C[C@]2(CC(=O)N(C)C2)C1. The molecule has 0 bridgehead atoms. The summed E-state index contributed by atoms with van der Waals surface area (Å²) >= 11 is 0. The molecule has 9 heteroatoms. The monoisotopic (exact) mass is 408 g/mol. The Kier molecular flexibility index (Phi) is 5.67. The van der Waals surface area contributed by atoms with Gasteiger partial charge in [0.2, 0.25) is 15.9 Å². The van der Waals surface area contributed by atoms with E-state index >= 15 is 0 Å². The molecule has 1 aromatic carbocycles. The maximum atomic E-state index is 13.2. The predicted molar refractivity (Wildman–Crippen MR) is 105 cm³/mol. The number of sulfonamides is 1. The molecule has 28 heavy (non-hydrogen) atoms. The highest BCUT2D eigenvalue weighted by Crippen LogP contribution is 2.36. The predicted octanol–water partition coefficient (Wildman–Crippen LogP) is 0.959. The Morgan fingerprint density at radius 1 is 1.11 bits per heavy atom. The average Bonchev–Trinajstić information content (AvgIpc) is 2.79. The maximum Gasteiger partial charge on any atom is 0.317 e. The van der Waals surface area contributed by atoms with Gasteiger partial charge in [-0.2, -0.15) is 4.31 Å². The van der Waals surface area contributed by atoms with Crippen molar-refractivity contribution in [2.45, 2.75) is 31.2 Å². The second-order valence-electron chi connectivity index (χ2n) is 8.10. The topological polar surface area (TPSA) is 90.0 Å². The molecule has 2 saturated heterocycles. The van der Waals surface area contributed by atoms with Crippen LogP contribution in [0.2, 0.25) is 0 Å². The Morgan fingerprint density at radius 2 is 1.79 bits per heavy atom. The minimum atomic E-state index is -3.71. The van der Waals surface area contributed by atoms with Crippen LogP contribution in [0.25, 0.3) is 0 Å². The zero-order valence-corrected chi connectivity index (χ0v) is 17.4. The Bertz CT molecular complexity index is 843. The standard InChI is InChI=1S/C19H28N4O4S/c1-15(2)20-18(25)22-9-10-23(28(26,27)16-7-5-4-6-8-16)14-19(13-22)11-17(24)21(3)12-19/h4-8,15H,9-14H2,1-3H3,(H,20,25)/t19-/m0/s1. The largest absolute Gasteiger partial charge is 0.345 e. The number of rotatable bonds is 3. The molecule has 0 saturated carbocycles. The summed E-state index contributed by atoms with van der Waals surface area (Å²) in [5.41, 5.74) is -0.613. The van der Waals surface area contributed by atoms with E-state index in [0.717, 1.165) is 0 Å². The normalized spacial score (nSPS) is 24.1. The van der Waals surface area contributed by atoms with Gasteiger partial charge in [0.05, 0.1) is 4.90 Å². The van der Waals surface area contributed by atoms with E-state index < -0.39 is 15.4 Å². The van der Waals surface area contributed by atoms with E-state index in [2.05, 4.69) is 5.32 Å². The Balaban J connectivity index is 1.93. The first-order chi connectivity index (χ1) is 13.1. The molecule has 0 aromatic heterocycles. The quantitative estimate of drug-likeness (QED) is 0.807. The van der Waals surface area contributed by atoms with Crippen LogP contribution in [-0.4, -0.2) is 80.3 Å². The zero-order valence-electron chi connectivity index (χ0n) is 16.6. The molecule has 8 nitrogen and oxygen atoms in total. The van der Waals surface area contributed by atoms with E-state index in [0.29, 0.717) is 13.1 Å². The third kappa shape index (κ3) is 4.15. The fourth-order valence-electron chi connectivity index (χ4n) is 3.99. The molecule has 2 fully saturated rings. The highest BCUT2D eigenvalue weighted by molar-refractivity contribution is 7.89. The van der Waals surface area contributed by atoms with Crippen LogP contribution in [-0.2, 0) is 14.8 Å². The third-order valence-electron chi connectivity index (χ3n) is 5.26. The van der Waals surface area contributed by atoms with E-state index in [9.17, 15) is 18.0 Å². The zero-order chi connectivity index (χ0) is 20.5. The second-order valence-corrected chi connectivity index (χ2v) is 10.0. The first-order valence-electron chi connectivity index (χ1n) is 9.48. The number of urea groups is 1. The van der Waals surface area contributed by atoms with E-state index in [1.54, 1.807) is 47.2 Å². The number of hydrogen-bond acceptors (Lipinski definition) is 4. The van der Waals surface area contributed by atoms with Crippen molar-refractivity contribution in [3.05, 3.63) is 30.3 Å². The van der Waals surface area contributed by atoms with Gasteiger partial charge >= 0.3 is 6.03 Å². The van der Waals surface area contributed by atoms with E-state index in [1.807, 2.05) is 13.8 Å².